The van der Waals surface area contributed by atoms with Crippen LogP contribution in [0.1, 0.15) is 44.5 Å². The van der Waals surface area contributed by atoms with E-state index in [0.717, 1.165) is 6.42 Å². The Balaban J connectivity index is 3.23. The van der Waals surface area contributed by atoms with Gasteiger partial charge < -0.3 is 0 Å². The minimum absolute atomic E-state index is 0.0331. The Kier molecular flexibility index (Phi) is 4.51. The summed E-state index contributed by atoms with van der Waals surface area (Å²) in [6.07, 6.45) is 1.26. The van der Waals surface area contributed by atoms with Gasteiger partial charge in [-0.05, 0) is 6.42 Å². The van der Waals surface area contributed by atoms with Crippen LogP contribution in [0.5, 0.6) is 0 Å². The Bertz CT molecular complexity index is 415. The van der Waals surface area contributed by atoms with E-state index in [-0.39, 0.29) is 21.9 Å². The van der Waals surface area contributed by atoms with E-state index in [1.807, 2.05) is 20.8 Å². The molecular formula is C11H18ClN3O2. The van der Waals surface area contributed by atoms with Crippen molar-refractivity contribution < 1.29 is 4.92 Å². The van der Waals surface area contributed by atoms with Crippen molar-refractivity contribution in [3.05, 3.63) is 21.5 Å². The molecule has 0 aliphatic heterocycles. The fourth-order valence-electron chi connectivity index (χ4n) is 1.74. The summed E-state index contributed by atoms with van der Waals surface area (Å²) >= 11 is 6.07. The van der Waals surface area contributed by atoms with Crippen LogP contribution in [-0.4, -0.2) is 20.1 Å². The molecule has 0 aromatic carbocycles. The van der Waals surface area contributed by atoms with Gasteiger partial charge in [-0.2, -0.15) is 5.10 Å². The molecule has 96 valence electrons. The molecule has 0 fully saturated rings. The molecule has 0 saturated heterocycles. The second-order valence-electron chi connectivity index (χ2n) is 4.43. The first-order valence-corrected chi connectivity index (χ1v) is 6.16. The van der Waals surface area contributed by atoms with Crippen LogP contribution in [0.25, 0.3) is 0 Å². The highest BCUT2D eigenvalue weighted by molar-refractivity contribution is 6.20. The lowest BCUT2D eigenvalue weighted by atomic mass is 10.1. The summed E-state index contributed by atoms with van der Waals surface area (Å²) in [6.45, 7) is 5.76. The summed E-state index contributed by atoms with van der Waals surface area (Å²) in [5.41, 5.74) is 1.27. The Morgan fingerprint density at radius 2 is 2.12 bits per heavy atom. The van der Waals surface area contributed by atoms with E-state index in [1.54, 1.807) is 11.7 Å². The monoisotopic (exact) mass is 259 g/mol. The Hall–Kier alpha value is -1.10. The van der Waals surface area contributed by atoms with Crippen LogP contribution < -0.4 is 0 Å². The zero-order chi connectivity index (χ0) is 13.2. The average Bonchev–Trinajstić information content (AvgIpc) is 2.56. The van der Waals surface area contributed by atoms with Gasteiger partial charge in [-0.1, -0.05) is 20.8 Å². The van der Waals surface area contributed by atoms with E-state index in [0.29, 0.717) is 17.8 Å². The number of aryl methyl sites for hydroxylation is 1. The topological polar surface area (TPSA) is 61.0 Å². The highest BCUT2D eigenvalue weighted by atomic mass is 35.5. The van der Waals surface area contributed by atoms with E-state index >= 15 is 0 Å². The van der Waals surface area contributed by atoms with Crippen LogP contribution in [0.3, 0.4) is 0 Å². The van der Waals surface area contributed by atoms with E-state index in [2.05, 4.69) is 5.10 Å². The van der Waals surface area contributed by atoms with Crippen molar-refractivity contribution in [3.8, 4) is 0 Å². The SMILES string of the molecule is CCC(Cl)Cc1c([N+](=O)[O-])c(C(C)C)nn1C. The number of alkyl halides is 1. The van der Waals surface area contributed by atoms with Gasteiger partial charge in [0, 0.05) is 24.8 Å². The first kappa shape index (κ1) is 14.0. The minimum atomic E-state index is -0.350. The molecule has 1 aromatic rings. The average molecular weight is 260 g/mol. The van der Waals surface area contributed by atoms with Gasteiger partial charge in [-0.3, -0.25) is 14.8 Å². The highest BCUT2D eigenvalue weighted by Gasteiger charge is 2.28. The van der Waals surface area contributed by atoms with Crippen molar-refractivity contribution in [2.75, 3.05) is 0 Å². The molecule has 0 N–H and O–H groups in total. The Labute approximate surface area is 106 Å². The summed E-state index contributed by atoms with van der Waals surface area (Å²) in [6, 6.07) is 0. The van der Waals surface area contributed by atoms with E-state index in [1.165, 1.54) is 0 Å². The summed E-state index contributed by atoms with van der Waals surface area (Å²) in [4.78, 5) is 10.8. The largest absolute Gasteiger partial charge is 0.313 e. The lowest BCUT2D eigenvalue weighted by Gasteiger charge is -2.06. The molecule has 0 aliphatic carbocycles. The van der Waals surface area contributed by atoms with Crippen LogP contribution >= 0.6 is 11.6 Å². The molecule has 6 heteroatoms. The van der Waals surface area contributed by atoms with Crippen LogP contribution in [0.4, 0.5) is 5.69 Å². The maximum Gasteiger partial charge on any atom is 0.313 e. The molecule has 0 aliphatic rings. The lowest BCUT2D eigenvalue weighted by molar-refractivity contribution is -0.386. The maximum atomic E-state index is 11.1. The van der Waals surface area contributed by atoms with Crippen LogP contribution in [0, 0.1) is 10.1 Å². The second kappa shape index (κ2) is 5.49. The number of nitro groups is 1. The fraction of sp³-hybridized carbons (Fsp3) is 0.727. The predicted octanol–water partition coefficient (Wildman–Crippen LogP) is 3.01. The highest BCUT2D eigenvalue weighted by Crippen LogP contribution is 2.30. The molecular weight excluding hydrogens is 242 g/mol. The first-order chi connectivity index (χ1) is 7.88. The van der Waals surface area contributed by atoms with Gasteiger partial charge in [-0.25, -0.2) is 0 Å². The zero-order valence-electron chi connectivity index (χ0n) is 10.6. The van der Waals surface area contributed by atoms with Gasteiger partial charge in [0.05, 0.1) is 4.92 Å². The summed E-state index contributed by atoms with van der Waals surface area (Å²) < 4.78 is 1.58. The lowest BCUT2D eigenvalue weighted by Crippen LogP contribution is -2.08. The number of aromatic nitrogens is 2. The van der Waals surface area contributed by atoms with Crippen LogP contribution in [0.2, 0.25) is 0 Å². The van der Waals surface area contributed by atoms with E-state index in [9.17, 15) is 10.1 Å². The van der Waals surface area contributed by atoms with E-state index < -0.39 is 0 Å². The molecule has 0 amide bonds. The maximum absolute atomic E-state index is 11.1. The fourth-order valence-corrected chi connectivity index (χ4v) is 1.89. The molecule has 17 heavy (non-hydrogen) atoms. The standard InChI is InChI=1S/C11H18ClN3O2/c1-5-8(12)6-9-11(15(16)17)10(7(2)3)13-14(9)4/h7-8H,5-6H2,1-4H3. The van der Waals surface area contributed by atoms with Crippen molar-refractivity contribution in [2.24, 2.45) is 7.05 Å². The molecule has 0 radical (unpaired) electrons. The quantitative estimate of drug-likeness (QED) is 0.464. The normalized spacial score (nSPS) is 13.1. The summed E-state index contributed by atoms with van der Waals surface area (Å²) in [5.74, 6) is 0.0331. The Morgan fingerprint density at radius 3 is 2.53 bits per heavy atom. The number of hydrogen-bond acceptors (Lipinski definition) is 3. The third kappa shape index (κ3) is 2.97. The van der Waals surface area contributed by atoms with Gasteiger partial charge in [0.25, 0.3) is 0 Å². The molecule has 1 unspecified atom stereocenters. The molecule has 1 heterocycles. The van der Waals surface area contributed by atoms with Gasteiger partial charge in [0.15, 0.2) is 0 Å². The van der Waals surface area contributed by atoms with Crippen molar-refractivity contribution in [2.45, 2.75) is 44.9 Å². The molecule has 5 nitrogen and oxygen atoms in total. The van der Waals surface area contributed by atoms with Crippen LogP contribution in [0.15, 0.2) is 0 Å². The molecule has 1 aromatic heterocycles. The molecule has 0 bridgehead atoms. The van der Waals surface area contributed by atoms with Crippen molar-refractivity contribution in [3.63, 3.8) is 0 Å². The van der Waals surface area contributed by atoms with Gasteiger partial charge in [0.1, 0.15) is 11.4 Å². The van der Waals surface area contributed by atoms with Crippen molar-refractivity contribution >= 4 is 17.3 Å². The number of hydrogen-bond donors (Lipinski definition) is 0. The number of rotatable bonds is 5. The second-order valence-corrected chi connectivity index (χ2v) is 5.04. The minimum Gasteiger partial charge on any atom is -0.265 e. The van der Waals surface area contributed by atoms with Gasteiger partial charge >= 0.3 is 5.69 Å². The number of halogens is 1. The van der Waals surface area contributed by atoms with Crippen LogP contribution in [-0.2, 0) is 13.5 Å². The predicted molar refractivity (Wildman–Crippen MR) is 67.6 cm³/mol. The third-order valence-electron chi connectivity index (χ3n) is 2.75. The molecule has 0 saturated carbocycles. The summed E-state index contributed by atoms with van der Waals surface area (Å²) in [7, 11) is 1.73. The smallest absolute Gasteiger partial charge is 0.265 e. The summed E-state index contributed by atoms with van der Waals surface area (Å²) in [5, 5.41) is 15.3. The third-order valence-corrected chi connectivity index (χ3v) is 3.21. The molecule has 1 atom stereocenters. The molecule has 1 rings (SSSR count). The molecule has 0 spiro atoms. The van der Waals surface area contributed by atoms with E-state index in [4.69, 9.17) is 11.6 Å². The van der Waals surface area contributed by atoms with Crippen molar-refractivity contribution in [1.82, 2.24) is 9.78 Å². The van der Waals surface area contributed by atoms with Gasteiger partial charge in [0.2, 0.25) is 0 Å². The number of nitrogens with zero attached hydrogens (tertiary/aromatic N) is 3. The first-order valence-electron chi connectivity index (χ1n) is 5.72. The Morgan fingerprint density at radius 1 is 1.53 bits per heavy atom. The zero-order valence-corrected chi connectivity index (χ0v) is 11.4. The van der Waals surface area contributed by atoms with Crippen molar-refractivity contribution in [1.29, 1.82) is 0 Å². The van der Waals surface area contributed by atoms with Gasteiger partial charge in [-0.15, -0.1) is 11.6 Å².